The van der Waals surface area contributed by atoms with E-state index in [2.05, 4.69) is 22.9 Å². The molecule has 0 radical (unpaired) electrons. The van der Waals surface area contributed by atoms with Crippen molar-refractivity contribution in [3.63, 3.8) is 0 Å². The maximum Gasteiger partial charge on any atom is 0.141 e. The topological polar surface area (TPSA) is 29.5 Å². The Kier molecular flexibility index (Phi) is 8.93. The van der Waals surface area contributed by atoms with Gasteiger partial charge in [-0.15, -0.1) is 0 Å². The second kappa shape index (κ2) is 10.2. The summed E-state index contributed by atoms with van der Waals surface area (Å²) in [6.45, 7) is 2.21. The molecule has 0 aliphatic carbocycles. The van der Waals surface area contributed by atoms with Gasteiger partial charge in [0.15, 0.2) is 0 Å². The van der Waals surface area contributed by atoms with E-state index in [1.54, 1.807) is 6.07 Å². The number of hydrogen-bond donors (Lipinski definition) is 1. The molecular formula is C17H26BrFO2. The van der Waals surface area contributed by atoms with Crippen LogP contribution in [-0.4, -0.2) is 12.2 Å². The zero-order chi connectivity index (χ0) is 15.7. The Morgan fingerprint density at radius 1 is 1.14 bits per heavy atom. The average molecular weight is 361 g/mol. The summed E-state index contributed by atoms with van der Waals surface area (Å²) in [6, 6.07) is 2.92. The van der Waals surface area contributed by atoms with Crippen molar-refractivity contribution in [2.45, 2.75) is 64.4 Å². The van der Waals surface area contributed by atoms with Gasteiger partial charge in [-0.25, -0.2) is 4.39 Å². The fourth-order valence-electron chi connectivity index (χ4n) is 2.43. The number of unbranched alkanes of at least 4 members (excludes halogenated alkanes) is 6. The van der Waals surface area contributed by atoms with Crippen molar-refractivity contribution in [2.75, 3.05) is 7.11 Å². The lowest BCUT2D eigenvalue weighted by Gasteiger charge is -2.15. The molecule has 4 heteroatoms. The minimum atomic E-state index is -0.604. The zero-order valence-corrected chi connectivity index (χ0v) is 14.6. The Morgan fingerprint density at radius 3 is 2.38 bits per heavy atom. The highest BCUT2D eigenvalue weighted by Crippen LogP contribution is 2.33. The molecule has 0 saturated heterocycles. The van der Waals surface area contributed by atoms with E-state index >= 15 is 0 Å². The Labute approximate surface area is 135 Å². The van der Waals surface area contributed by atoms with Gasteiger partial charge < -0.3 is 9.84 Å². The molecule has 0 aliphatic heterocycles. The lowest BCUT2D eigenvalue weighted by molar-refractivity contribution is 0.159. The molecule has 1 aromatic carbocycles. The smallest absolute Gasteiger partial charge is 0.141 e. The minimum absolute atomic E-state index is 0.358. The van der Waals surface area contributed by atoms with Crippen LogP contribution in [0, 0.1) is 5.82 Å². The van der Waals surface area contributed by atoms with Crippen LogP contribution in [-0.2, 0) is 0 Å². The van der Waals surface area contributed by atoms with Crippen molar-refractivity contribution >= 4 is 15.9 Å². The molecule has 0 spiro atoms. The average Bonchev–Trinajstić information content (AvgIpc) is 2.48. The van der Waals surface area contributed by atoms with E-state index in [1.807, 2.05) is 0 Å². The molecule has 1 aromatic rings. The fraction of sp³-hybridized carbons (Fsp3) is 0.647. The second-order valence-corrected chi connectivity index (χ2v) is 6.29. The molecular weight excluding hydrogens is 335 g/mol. The lowest BCUT2D eigenvalue weighted by atomic mass is 10.0. The molecule has 1 N–H and O–H groups in total. The van der Waals surface area contributed by atoms with Gasteiger partial charge in [-0.3, -0.25) is 0 Å². The number of methoxy groups -OCH3 is 1. The highest BCUT2D eigenvalue weighted by atomic mass is 79.9. The summed E-state index contributed by atoms with van der Waals surface area (Å²) in [7, 11) is 1.49. The zero-order valence-electron chi connectivity index (χ0n) is 13.0. The Hall–Kier alpha value is -0.610. The van der Waals surface area contributed by atoms with Gasteiger partial charge in [0.2, 0.25) is 0 Å². The normalized spacial score (nSPS) is 12.4. The number of halogens is 2. The van der Waals surface area contributed by atoms with Gasteiger partial charge in [0, 0.05) is 11.6 Å². The quantitative estimate of drug-likeness (QED) is 0.536. The monoisotopic (exact) mass is 360 g/mol. The Balaban J connectivity index is 2.41. The molecule has 120 valence electrons. The van der Waals surface area contributed by atoms with Crippen molar-refractivity contribution in [3.05, 3.63) is 28.0 Å². The first-order valence-electron chi connectivity index (χ1n) is 7.81. The third-order valence-electron chi connectivity index (χ3n) is 3.71. The molecule has 21 heavy (non-hydrogen) atoms. The minimum Gasteiger partial charge on any atom is -0.496 e. The van der Waals surface area contributed by atoms with Crippen LogP contribution < -0.4 is 4.74 Å². The van der Waals surface area contributed by atoms with Crippen LogP contribution in [0.4, 0.5) is 4.39 Å². The van der Waals surface area contributed by atoms with Gasteiger partial charge in [0.25, 0.3) is 0 Å². The van der Waals surface area contributed by atoms with Crippen LogP contribution in [0.25, 0.3) is 0 Å². The van der Waals surface area contributed by atoms with Gasteiger partial charge in [-0.05, 0) is 28.4 Å². The van der Waals surface area contributed by atoms with E-state index in [0.717, 1.165) is 12.8 Å². The summed E-state index contributed by atoms with van der Waals surface area (Å²) >= 11 is 3.15. The van der Waals surface area contributed by atoms with Crippen LogP contribution in [0.15, 0.2) is 16.6 Å². The predicted molar refractivity (Wildman–Crippen MR) is 88.2 cm³/mol. The van der Waals surface area contributed by atoms with Crippen molar-refractivity contribution in [2.24, 2.45) is 0 Å². The van der Waals surface area contributed by atoms with Crippen LogP contribution in [0.1, 0.15) is 70.0 Å². The van der Waals surface area contributed by atoms with Gasteiger partial charge >= 0.3 is 0 Å². The largest absolute Gasteiger partial charge is 0.496 e. The summed E-state index contributed by atoms with van der Waals surface area (Å²) in [5.74, 6) is 0.0323. The first-order chi connectivity index (χ1) is 10.1. The molecule has 0 aliphatic rings. The SMILES string of the molecule is CCCCCCCCCC(O)c1cc(Br)c(F)cc1OC. The Bertz CT molecular complexity index is 423. The first kappa shape index (κ1) is 18.4. The van der Waals surface area contributed by atoms with E-state index in [9.17, 15) is 9.50 Å². The summed E-state index contributed by atoms with van der Waals surface area (Å²) < 4.78 is 19.0. The standard InChI is InChI=1S/C17H26BrFO2/c1-3-4-5-6-7-8-9-10-16(20)13-11-14(18)15(19)12-17(13)21-2/h11-12,16,20H,3-10H2,1-2H3. The van der Waals surface area contributed by atoms with Gasteiger partial charge in [-0.1, -0.05) is 51.9 Å². The number of benzene rings is 1. The van der Waals surface area contributed by atoms with Gasteiger partial charge in [-0.2, -0.15) is 0 Å². The number of aliphatic hydroxyl groups is 1. The molecule has 1 atom stereocenters. The number of ether oxygens (including phenoxy) is 1. The summed E-state index contributed by atoms with van der Waals surface area (Å²) in [5, 5.41) is 10.3. The van der Waals surface area contributed by atoms with Gasteiger partial charge in [0.1, 0.15) is 11.6 Å². The first-order valence-corrected chi connectivity index (χ1v) is 8.60. The van der Waals surface area contributed by atoms with E-state index in [0.29, 0.717) is 22.2 Å². The maximum atomic E-state index is 13.5. The van der Waals surface area contributed by atoms with Crippen molar-refractivity contribution in [3.8, 4) is 5.75 Å². The molecule has 0 aromatic heterocycles. The van der Waals surface area contributed by atoms with E-state index in [-0.39, 0.29) is 5.82 Å². The molecule has 2 nitrogen and oxygen atoms in total. The maximum absolute atomic E-state index is 13.5. The molecule has 1 unspecified atom stereocenters. The third kappa shape index (κ3) is 6.35. The predicted octanol–water partition coefficient (Wildman–Crippen LogP) is 5.77. The van der Waals surface area contributed by atoms with Crippen molar-refractivity contribution in [1.29, 1.82) is 0 Å². The Morgan fingerprint density at radius 2 is 1.76 bits per heavy atom. The number of rotatable bonds is 10. The number of aliphatic hydroxyl groups excluding tert-OH is 1. The van der Waals surface area contributed by atoms with E-state index < -0.39 is 6.10 Å². The summed E-state index contributed by atoms with van der Waals surface area (Å²) in [6.07, 6.45) is 8.55. The molecule has 0 fully saturated rings. The van der Waals surface area contributed by atoms with Crippen LogP contribution in [0.5, 0.6) is 5.75 Å². The molecule has 0 amide bonds. The fourth-order valence-corrected chi connectivity index (χ4v) is 2.79. The van der Waals surface area contributed by atoms with Crippen molar-refractivity contribution < 1.29 is 14.2 Å². The van der Waals surface area contributed by atoms with Gasteiger partial charge in [0.05, 0.1) is 17.7 Å². The summed E-state index contributed by atoms with van der Waals surface area (Å²) in [4.78, 5) is 0. The van der Waals surface area contributed by atoms with Crippen LogP contribution in [0.3, 0.4) is 0 Å². The number of hydrogen-bond acceptors (Lipinski definition) is 2. The second-order valence-electron chi connectivity index (χ2n) is 5.43. The highest BCUT2D eigenvalue weighted by Gasteiger charge is 2.16. The molecule has 0 heterocycles. The van der Waals surface area contributed by atoms with E-state index in [1.165, 1.54) is 45.3 Å². The van der Waals surface area contributed by atoms with Crippen molar-refractivity contribution in [1.82, 2.24) is 0 Å². The van der Waals surface area contributed by atoms with Crippen LogP contribution in [0.2, 0.25) is 0 Å². The molecule has 0 bridgehead atoms. The third-order valence-corrected chi connectivity index (χ3v) is 4.32. The molecule has 1 rings (SSSR count). The lowest BCUT2D eigenvalue weighted by Crippen LogP contribution is -2.02. The van der Waals surface area contributed by atoms with E-state index in [4.69, 9.17) is 4.74 Å². The highest BCUT2D eigenvalue weighted by molar-refractivity contribution is 9.10. The molecule has 0 saturated carbocycles. The summed E-state index contributed by atoms with van der Waals surface area (Å²) in [5.41, 5.74) is 0.650. The van der Waals surface area contributed by atoms with Crippen LogP contribution >= 0.6 is 15.9 Å².